The van der Waals surface area contributed by atoms with E-state index in [4.69, 9.17) is 4.74 Å². The molecule has 1 fully saturated rings. The van der Waals surface area contributed by atoms with Gasteiger partial charge in [0.1, 0.15) is 0 Å². The maximum Gasteiger partial charge on any atom is 0.224 e. The van der Waals surface area contributed by atoms with E-state index in [1.165, 1.54) is 0 Å². The summed E-state index contributed by atoms with van der Waals surface area (Å²) < 4.78 is 5.45. The standard InChI is InChI=1S/C14H20N2O2/c1-15-14(17)9-11-5-2-3-7-13(11)16-12-6-4-8-18-10-12/h2-3,5,7,12,16H,4,6,8-10H2,1H3,(H,15,17). The molecule has 98 valence electrons. The normalized spacial score (nSPS) is 19.3. The Morgan fingerprint density at radius 3 is 3.00 bits per heavy atom. The molecule has 18 heavy (non-hydrogen) atoms. The van der Waals surface area contributed by atoms with Crippen molar-refractivity contribution in [2.24, 2.45) is 0 Å². The molecule has 1 saturated heterocycles. The Morgan fingerprint density at radius 2 is 2.28 bits per heavy atom. The Bertz CT molecular complexity index is 401. The summed E-state index contributed by atoms with van der Waals surface area (Å²) in [4.78, 5) is 11.5. The second-order valence-electron chi connectivity index (χ2n) is 4.57. The van der Waals surface area contributed by atoms with Crippen molar-refractivity contribution in [2.45, 2.75) is 25.3 Å². The molecule has 1 heterocycles. The van der Waals surface area contributed by atoms with Crippen molar-refractivity contribution in [1.82, 2.24) is 5.32 Å². The second kappa shape index (κ2) is 6.40. The first-order chi connectivity index (χ1) is 8.79. The molecule has 1 amide bonds. The summed E-state index contributed by atoms with van der Waals surface area (Å²) in [5.41, 5.74) is 2.07. The van der Waals surface area contributed by atoms with Crippen LogP contribution in [0.15, 0.2) is 24.3 Å². The number of carbonyl (C=O) groups excluding carboxylic acids is 1. The van der Waals surface area contributed by atoms with Gasteiger partial charge >= 0.3 is 0 Å². The molecule has 0 aliphatic carbocycles. The van der Waals surface area contributed by atoms with Gasteiger partial charge in [0, 0.05) is 25.4 Å². The minimum atomic E-state index is 0.0316. The summed E-state index contributed by atoms with van der Waals surface area (Å²) in [7, 11) is 1.66. The van der Waals surface area contributed by atoms with E-state index in [1.807, 2.05) is 24.3 Å². The van der Waals surface area contributed by atoms with Crippen LogP contribution in [0.3, 0.4) is 0 Å². The van der Waals surface area contributed by atoms with Gasteiger partial charge in [0.05, 0.1) is 13.0 Å². The van der Waals surface area contributed by atoms with Gasteiger partial charge in [-0.2, -0.15) is 0 Å². The molecule has 0 bridgehead atoms. The predicted octanol–water partition coefficient (Wildman–Crippen LogP) is 1.57. The van der Waals surface area contributed by atoms with Gasteiger partial charge in [0.15, 0.2) is 0 Å². The predicted molar refractivity (Wildman–Crippen MR) is 71.7 cm³/mol. The third-order valence-corrected chi connectivity index (χ3v) is 3.17. The number of benzene rings is 1. The summed E-state index contributed by atoms with van der Waals surface area (Å²) in [6.07, 6.45) is 2.62. The fraction of sp³-hybridized carbons (Fsp3) is 0.500. The Labute approximate surface area is 108 Å². The molecule has 1 aromatic carbocycles. The fourth-order valence-electron chi connectivity index (χ4n) is 2.15. The van der Waals surface area contributed by atoms with Gasteiger partial charge in [0.2, 0.25) is 5.91 Å². The van der Waals surface area contributed by atoms with Gasteiger partial charge in [-0.15, -0.1) is 0 Å². The van der Waals surface area contributed by atoms with Crippen LogP contribution in [0.4, 0.5) is 5.69 Å². The molecule has 1 aliphatic heterocycles. The summed E-state index contributed by atoms with van der Waals surface area (Å²) in [6.45, 7) is 1.60. The van der Waals surface area contributed by atoms with Crippen molar-refractivity contribution in [1.29, 1.82) is 0 Å². The Hall–Kier alpha value is -1.55. The molecule has 0 aromatic heterocycles. The number of carbonyl (C=O) groups is 1. The lowest BCUT2D eigenvalue weighted by Crippen LogP contribution is -2.30. The topological polar surface area (TPSA) is 50.4 Å². The molecule has 2 N–H and O–H groups in total. The first-order valence-electron chi connectivity index (χ1n) is 6.42. The molecule has 0 radical (unpaired) electrons. The highest BCUT2D eigenvalue weighted by molar-refractivity contribution is 5.80. The van der Waals surface area contributed by atoms with Gasteiger partial charge < -0.3 is 15.4 Å². The Kier molecular flexibility index (Phi) is 4.59. The Morgan fingerprint density at radius 1 is 1.44 bits per heavy atom. The third kappa shape index (κ3) is 3.47. The molecular weight excluding hydrogens is 228 g/mol. The number of likely N-dealkylation sites (N-methyl/N-ethyl adjacent to an activating group) is 1. The molecule has 0 saturated carbocycles. The average molecular weight is 248 g/mol. The maximum absolute atomic E-state index is 11.5. The SMILES string of the molecule is CNC(=O)Cc1ccccc1NC1CCCOC1. The minimum absolute atomic E-state index is 0.0316. The number of hydrogen-bond donors (Lipinski definition) is 2. The zero-order chi connectivity index (χ0) is 12.8. The van der Waals surface area contributed by atoms with Gasteiger partial charge in [0.25, 0.3) is 0 Å². The largest absolute Gasteiger partial charge is 0.380 e. The van der Waals surface area contributed by atoms with Crippen molar-refractivity contribution in [3.8, 4) is 0 Å². The van der Waals surface area contributed by atoms with Crippen LogP contribution in [-0.2, 0) is 16.0 Å². The monoisotopic (exact) mass is 248 g/mol. The molecule has 4 nitrogen and oxygen atoms in total. The lowest BCUT2D eigenvalue weighted by atomic mass is 10.1. The highest BCUT2D eigenvalue weighted by Gasteiger charge is 2.15. The number of para-hydroxylation sites is 1. The molecule has 2 rings (SSSR count). The van der Waals surface area contributed by atoms with Crippen molar-refractivity contribution < 1.29 is 9.53 Å². The number of rotatable bonds is 4. The number of ether oxygens (including phenoxy) is 1. The third-order valence-electron chi connectivity index (χ3n) is 3.17. The fourth-order valence-corrected chi connectivity index (χ4v) is 2.15. The first-order valence-corrected chi connectivity index (χ1v) is 6.42. The van der Waals surface area contributed by atoms with E-state index in [-0.39, 0.29) is 5.91 Å². The molecule has 1 unspecified atom stereocenters. The summed E-state index contributed by atoms with van der Waals surface area (Å²) in [5.74, 6) is 0.0316. The van der Waals surface area contributed by atoms with Gasteiger partial charge in [-0.1, -0.05) is 18.2 Å². The van der Waals surface area contributed by atoms with Crippen molar-refractivity contribution in [2.75, 3.05) is 25.6 Å². The molecule has 1 atom stereocenters. The molecule has 1 aliphatic rings. The minimum Gasteiger partial charge on any atom is -0.380 e. The molecular formula is C14H20N2O2. The molecule has 1 aromatic rings. The first kappa shape index (κ1) is 12.9. The van der Waals surface area contributed by atoms with Crippen LogP contribution in [0, 0.1) is 0 Å². The number of anilines is 1. The van der Waals surface area contributed by atoms with Crippen molar-refractivity contribution in [3.05, 3.63) is 29.8 Å². The van der Waals surface area contributed by atoms with E-state index >= 15 is 0 Å². The number of hydrogen-bond acceptors (Lipinski definition) is 3. The summed E-state index contributed by atoms with van der Waals surface area (Å²) >= 11 is 0. The maximum atomic E-state index is 11.5. The molecule has 0 spiro atoms. The van der Waals surface area contributed by atoms with E-state index in [0.29, 0.717) is 12.5 Å². The summed E-state index contributed by atoms with van der Waals surface area (Å²) in [5, 5.41) is 6.13. The summed E-state index contributed by atoms with van der Waals surface area (Å²) in [6, 6.07) is 8.30. The van der Waals surface area contributed by atoms with Gasteiger partial charge in [-0.25, -0.2) is 0 Å². The van der Waals surface area contributed by atoms with Crippen LogP contribution in [0.1, 0.15) is 18.4 Å². The number of amides is 1. The zero-order valence-corrected chi connectivity index (χ0v) is 10.7. The van der Waals surface area contributed by atoms with Crippen LogP contribution >= 0.6 is 0 Å². The van der Waals surface area contributed by atoms with Gasteiger partial charge in [-0.05, 0) is 24.5 Å². The highest BCUT2D eigenvalue weighted by Crippen LogP contribution is 2.19. The second-order valence-corrected chi connectivity index (χ2v) is 4.57. The van der Waals surface area contributed by atoms with E-state index < -0.39 is 0 Å². The van der Waals surface area contributed by atoms with Crippen molar-refractivity contribution >= 4 is 11.6 Å². The number of nitrogens with one attached hydrogen (secondary N) is 2. The quantitative estimate of drug-likeness (QED) is 0.850. The highest BCUT2D eigenvalue weighted by atomic mass is 16.5. The zero-order valence-electron chi connectivity index (χ0n) is 10.7. The van der Waals surface area contributed by atoms with E-state index in [9.17, 15) is 4.79 Å². The molecule has 4 heteroatoms. The van der Waals surface area contributed by atoms with Gasteiger partial charge in [-0.3, -0.25) is 4.79 Å². The van der Waals surface area contributed by atoms with Crippen LogP contribution in [0.2, 0.25) is 0 Å². The van der Waals surface area contributed by atoms with E-state index in [0.717, 1.165) is 37.3 Å². The van der Waals surface area contributed by atoms with Crippen LogP contribution in [-0.4, -0.2) is 32.2 Å². The van der Waals surface area contributed by atoms with E-state index in [2.05, 4.69) is 10.6 Å². The van der Waals surface area contributed by atoms with E-state index in [1.54, 1.807) is 7.05 Å². The average Bonchev–Trinajstić information content (AvgIpc) is 2.42. The smallest absolute Gasteiger partial charge is 0.224 e. The van der Waals surface area contributed by atoms with Crippen LogP contribution in [0.5, 0.6) is 0 Å². The Balaban J connectivity index is 2.04. The lowest BCUT2D eigenvalue weighted by molar-refractivity contribution is -0.119. The van der Waals surface area contributed by atoms with Crippen LogP contribution < -0.4 is 10.6 Å². The lowest BCUT2D eigenvalue weighted by Gasteiger charge is -2.25. The van der Waals surface area contributed by atoms with Crippen LogP contribution in [0.25, 0.3) is 0 Å². The van der Waals surface area contributed by atoms with Crippen molar-refractivity contribution in [3.63, 3.8) is 0 Å².